The molecule has 2 aliphatic rings. The zero-order valence-corrected chi connectivity index (χ0v) is 17.5. The van der Waals surface area contributed by atoms with E-state index in [0.29, 0.717) is 29.8 Å². The third-order valence-electron chi connectivity index (χ3n) is 5.44. The first kappa shape index (κ1) is 20.4. The summed E-state index contributed by atoms with van der Waals surface area (Å²) in [4.78, 5) is 30.2. The first-order chi connectivity index (χ1) is 14.7. The molecule has 0 radical (unpaired) electrons. The van der Waals surface area contributed by atoms with Gasteiger partial charge in [-0.25, -0.2) is 4.79 Å². The van der Waals surface area contributed by atoms with Crippen molar-refractivity contribution in [2.24, 2.45) is 0 Å². The second-order valence-corrected chi connectivity index (χ2v) is 7.66. The summed E-state index contributed by atoms with van der Waals surface area (Å²) in [5, 5.41) is 0. The average molecular weight is 412 g/mol. The van der Waals surface area contributed by atoms with E-state index in [4.69, 9.17) is 14.5 Å². The molecule has 1 aromatic heterocycles. The summed E-state index contributed by atoms with van der Waals surface area (Å²) in [5.74, 6) is 1.60. The largest absolute Gasteiger partial charge is 0.462 e. The number of carbonyl (C=O) groups excluding carboxylic acids is 1. The second-order valence-electron chi connectivity index (χ2n) is 7.66. The lowest BCUT2D eigenvalue weighted by Gasteiger charge is -2.30. The molecule has 2 aliphatic heterocycles. The predicted octanol–water partition coefficient (Wildman–Crippen LogP) is 3.82. The van der Waals surface area contributed by atoms with Crippen molar-refractivity contribution in [1.82, 2.24) is 15.0 Å². The predicted molar refractivity (Wildman–Crippen MR) is 114 cm³/mol. The van der Waals surface area contributed by atoms with E-state index in [9.17, 15) is 4.79 Å². The summed E-state index contributed by atoms with van der Waals surface area (Å²) in [7, 11) is 0. The average Bonchev–Trinajstić information content (AvgIpc) is 2.81. The molecule has 0 unspecified atom stereocenters. The number of esters is 1. The molecule has 4 rings (SSSR count). The van der Waals surface area contributed by atoms with Crippen LogP contribution in [0.4, 0.5) is 11.9 Å². The molecule has 160 valence electrons. The lowest BCUT2D eigenvalue weighted by molar-refractivity contribution is 0.0526. The molecule has 0 spiro atoms. The molecule has 30 heavy (non-hydrogen) atoms. The molecular weight excluding hydrogens is 382 g/mol. The van der Waals surface area contributed by atoms with Crippen molar-refractivity contribution in [2.45, 2.75) is 45.4 Å². The number of carbonyl (C=O) groups is 1. The summed E-state index contributed by atoms with van der Waals surface area (Å²) in [5.41, 5.74) is 0.489. The smallest absolute Gasteiger partial charge is 0.338 e. The number of hydrogen-bond acceptors (Lipinski definition) is 8. The Hall–Kier alpha value is -2.90. The van der Waals surface area contributed by atoms with Gasteiger partial charge in [-0.15, -0.1) is 0 Å². The maximum atomic E-state index is 11.8. The zero-order valence-electron chi connectivity index (χ0n) is 17.5. The van der Waals surface area contributed by atoms with Gasteiger partial charge in [-0.05, 0) is 69.7 Å². The van der Waals surface area contributed by atoms with Gasteiger partial charge in [0.2, 0.25) is 11.9 Å². The van der Waals surface area contributed by atoms with E-state index in [-0.39, 0.29) is 12.0 Å². The minimum Gasteiger partial charge on any atom is -0.462 e. The van der Waals surface area contributed by atoms with Gasteiger partial charge >= 0.3 is 12.0 Å². The molecule has 2 aromatic rings. The number of anilines is 2. The number of benzene rings is 1. The first-order valence-electron chi connectivity index (χ1n) is 10.9. The third-order valence-corrected chi connectivity index (χ3v) is 5.44. The minimum absolute atomic E-state index is 0.287. The van der Waals surface area contributed by atoms with E-state index >= 15 is 0 Å². The highest BCUT2D eigenvalue weighted by Gasteiger charge is 2.21. The van der Waals surface area contributed by atoms with E-state index in [2.05, 4.69) is 19.8 Å². The van der Waals surface area contributed by atoms with Crippen LogP contribution in [0.1, 0.15) is 55.8 Å². The first-order valence-corrected chi connectivity index (χ1v) is 10.9. The van der Waals surface area contributed by atoms with Crippen molar-refractivity contribution < 1.29 is 14.3 Å². The summed E-state index contributed by atoms with van der Waals surface area (Å²) in [6, 6.07) is 7.13. The molecule has 0 N–H and O–H groups in total. The Labute approximate surface area is 177 Å². The van der Waals surface area contributed by atoms with Crippen LogP contribution in [0.25, 0.3) is 0 Å². The lowest BCUT2D eigenvalue weighted by atomic mass is 10.1. The number of ether oxygens (including phenoxy) is 2. The fraction of sp³-hybridized carbons (Fsp3) is 0.545. The summed E-state index contributed by atoms with van der Waals surface area (Å²) < 4.78 is 11.0. The number of hydrogen-bond donors (Lipinski definition) is 0. The van der Waals surface area contributed by atoms with Crippen LogP contribution >= 0.6 is 0 Å². The van der Waals surface area contributed by atoms with E-state index in [0.717, 1.165) is 51.9 Å². The molecule has 0 atom stereocenters. The monoisotopic (exact) mass is 411 g/mol. The molecule has 8 nitrogen and oxygen atoms in total. The van der Waals surface area contributed by atoms with Crippen molar-refractivity contribution in [3.05, 3.63) is 29.8 Å². The van der Waals surface area contributed by atoms with Crippen LogP contribution in [0.3, 0.4) is 0 Å². The summed E-state index contributed by atoms with van der Waals surface area (Å²) in [6.45, 7) is 5.96. The highest BCUT2D eigenvalue weighted by Crippen LogP contribution is 2.26. The Morgan fingerprint density at radius 1 is 0.833 bits per heavy atom. The zero-order chi connectivity index (χ0) is 20.8. The quantitative estimate of drug-likeness (QED) is 0.664. The van der Waals surface area contributed by atoms with Crippen LogP contribution in [0.2, 0.25) is 0 Å². The van der Waals surface area contributed by atoms with Crippen molar-refractivity contribution in [2.75, 3.05) is 42.6 Å². The Bertz CT molecular complexity index is 810. The van der Waals surface area contributed by atoms with E-state index in [1.165, 1.54) is 12.8 Å². The Balaban J connectivity index is 1.57. The van der Waals surface area contributed by atoms with Crippen LogP contribution in [0.5, 0.6) is 11.8 Å². The van der Waals surface area contributed by atoms with Gasteiger partial charge < -0.3 is 19.3 Å². The van der Waals surface area contributed by atoms with Crippen molar-refractivity contribution in [3.63, 3.8) is 0 Å². The molecule has 3 heterocycles. The van der Waals surface area contributed by atoms with Crippen molar-refractivity contribution in [1.29, 1.82) is 0 Å². The van der Waals surface area contributed by atoms with Crippen LogP contribution in [0, 0.1) is 0 Å². The van der Waals surface area contributed by atoms with Gasteiger partial charge in [-0.1, -0.05) is 0 Å². The minimum atomic E-state index is -0.344. The molecule has 2 saturated heterocycles. The fourth-order valence-corrected chi connectivity index (χ4v) is 3.83. The lowest BCUT2D eigenvalue weighted by Crippen LogP contribution is -2.34. The molecular formula is C22H29N5O3. The van der Waals surface area contributed by atoms with Gasteiger partial charge in [0.1, 0.15) is 5.75 Å². The van der Waals surface area contributed by atoms with Gasteiger partial charge in [0.05, 0.1) is 12.2 Å². The highest BCUT2D eigenvalue weighted by atomic mass is 16.5. The van der Waals surface area contributed by atoms with E-state index in [1.807, 2.05) is 0 Å². The standard InChI is InChI=1S/C22H29N5O3/c1-2-29-19(28)17-9-11-18(12-10-17)30-22-24-20(26-13-5-3-6-14-26)23-21(25-22)27-15-7-4-8-16-27/h9-12H,2-8,13-16H2,1H3. The Morgan fingerprint density at radius 2 is 1.37 bits per heavy atom. The van der Waals surface area contributed by atoms with Gasteiger partial charge in [-0.2, -0.15) is 15.0 Å². The second kappa shape index (κ2) is 9.73. The van der Waals surface area contributed by atoms with E-state index in [1.54, 1.807) is 31.2 Å². The maximum Gasteiger partial charge on any atom is 0.338 e. The topological polar surface area (TPSA) is 80.7 Å². The summed E-state index contributed by atoms with van der Waals surface area (Å²) in [6.07, 6.45) is 7.09. The SMILES string of the molecule is CCOC(=O)c1ccc(Oc2nc(N3CCCCC3)nc(N3CCCCC3)n2)cc1. The highest BCUT2D eigenvalue weighted by molar-refractivity contribution is 5.89. The summed E-state index contributed by atoms with van der Waals surface area (Å²) >= 11 is 0. The van der Waals surface area contributed by atoms with Crippen LogP contribution in [-0.2, 0) is 4.74 Å². The molecule has 8 heteroatoms. The third kappa shape index (κ3) is 4.98. The number of rotatable bonds is 6. The normalized spacial score (nSPS) is 17.0. The van der Waals surface area contributed by atoms with Crippen LogP contribution in [-0.4, -0.2) is 53.7 Å². The van der Waals surface area contributed by atoms with Crippen LogP contribution in [0.15, 0.2) is 24.3 Å². The Kier molecular flexibility index (Phi) is 6.61. The van der Waals surface area contributed by atoms with E-state index < -0.39 is 0 Å². The van der Waals surface area contributed by atoms with Gasteiger partial charge in [0.15, 0.2) is 0 Å². The molecule has 0 bridgehead atoms. The Morgan fingerprint density at radius 3 is 1.87 bits per heavy atom. The number of nitrogens with zero attached hydrogens (tertiary/aromatic N) is 5. The molecule has 0 saturated carbocycles. The van der Waals surface area contributed by atoms with Gasteiger partial charge in [0, 0.05) is 26.2 Å². The molecule has 0 amide bonds. The number of piperidine rings is 2. The maximum absolute atomic E-state index is 11.8. The molecule has 0 aliphatic carbocycles. The van der Waals surface area contributed by atoms with Crippen LogP contribution < -0.4 is 14.5 Å². The van der Waals surface area contributed by atoms with Crippen molar-refractivity contribution in [3.8, 4) is 11.8 Å². The van der Waals surface area contributed by atoms with Gasteiger partial charge in [-0.3, -0.25) is 0 Å². The molecule has 1 aromatic carbocycles. The number of aromatic nitrogens is 3. The van der Waals surface area contributed by atoms with Gasteiger partial charge in [0.25, 0.3) is 0 Å². The van der Waals surface area contributed by atoms with Crippen molar-refractivity contribution >= 4 is 17.9 Å². The molecule has 2 fully saturated rings. The fourth-order valence-electron chi connectivity index (χ4n) is 3.83.